The molecular formula is C12H15NO3. The van der Waals surface area contributed by atoms with Crippen molar-refractivity contribution in [2.45, 2.75) is 19.8 Å². The molecule has 1 aromatic rings. The maximum Gasteiger partial charge on any atom is 0.319 e. The third kappa shape index (κ3) is 2.82. The second-order valence-electron chi connectivity index (χ2n) is 3.34. The lowest BCUT2D eigenvalue weighted by molar-refractivity contribution is -0.143. The lowest BCUT2D eigenvalue weighted by Crippen LogP contribution is -2.22. The Kier molecular flexibility index (Phi) is 4.51. The molecule has 0 radical (unpaired) electrons. The van der Waals surface area contributed by atoms with E-state index in [9.17, 15) is 4.79 Å². The van der Waals surface area contributed by atoms with Crippen molar-refractivity contribution >= 4 is 11.7 Å². The summed E-state index contributed by atoms with van der Waals surface area (Å²) in [7, 11) is 0. The molecule has 1 atom stereocenters. The van der Waals surface area contributed by atoms with Crippen molar-refractivity contribution in [1.29, 1.82) is 0 Å². The van der Waals surface area contributed by atoms with Crippen LogP contribution in [0.15, 0.2) is 35.5 Å². The molecule has 0 amide bonds. The van der Waals surface area contributed by atoms with Gasteiger partial charge in [-0.05, 0) is 19.4 Å². The molecule has 16 heavy (non-hydrogen) atoms. The van der Waals surface area contributed by atoms with Gasteiger partial charge in [-0.2, -0.15) is 0 Å². The lowest BCUT2D eigenvalue weighted by Gasteiger charge is -2.14. The summed E-state index contributed by atoms with van der Waals surface area (Å²) in [5, 5.41) is 11.8. The minimum absolute atomic E-state index is 0.306. The van der Waals surface area contributed by atoms with E-state index in [4.69, 9.17) is 9.94 Å². The van der Waals surface area contributed by atoms with Crippen LogP contribution >= 0.6 is 0 Å². The normalized spacial score (nSPS) is 13.2. The number of carbonyl (C=O) groups is 1. The first-order chi connectivity index (χ1) is 7.70. The standard InChI is InChI=1S/C12H15NO3/c1-3-16-12(14)11(9(2)13-15)10-7-5-4-6-8-10/h4-8,11,15H,3H2,1-2H3/b13-9+. The second kappa shape index (κ2) is 5.90. The van der Waals surface area contributed by atoms with Gasteiger partial charge in [-0.25, -0.2) is 0 Å². The number of oxime groups is 1. The van der Waals surface area contributed by atoms with Crippen molar-refractivity contribution < 1.29 is 14.7 Å². The van der Waals surface area contributed by atoms with Crippen LogP contribution in [0.1, 0.15) is 25.3 Å². The Morgan fingerprint density at radius 1 is 1.44 bits per heavy atom. The van der Waals surface area contributed by atoms with Gasteiger partial charge < -0.3 is 9.94 Å². The van der Waals surface area contributed by atoms with Crippen LogP contribution in [0.4, 0.5) is 0 Å². The highest BCUT2D eigenvalue weighted by Crippen LogP contribution is 2.19. The quantitative estimate of drug-likeness (QED) is 0.367. The third-order valence-corrected chi connectivity index (χ3v) is 2.23. The molecule has 4 heteroatoms. The zero-order valence-corrected chi connectivity index (χ0v) is 9.38. The Morgan fingerprint density at radius 3 is 2.56 bits per heavy atom. The van der Waals surface area contributed by atoms with Crippen molar-refractivity contribution in [3.05, 3.63) is 35.9 Å². The van der Waals surface area contributed by atoms with Gasteiger partial charge in [0.15, 0.2) is 0 Å². The summed E-state index contributed by atoms with van der Waals surface area (Å²) in [6, 6.07) is 9.11. The Morgan fingerprint density at radius 2 is 2.06 bits per heavy atom. The molecule has 0 aliphatic rings. The Hall–Kier alpha value is -1.84. The highest BCUT2D eigenvalue weighted by atomic mass is 16.5. The van der Waals surface area contributed by atoms with Crippen molar-refractivity contribution in [1.82, 2.24) is 0 Å². The fraction of sp³-hybridized carbons (Fsp3) is 0.333. The maximum atomic E-state index is 11.7. The van der Waals surface area contributed by atoms with Gasteiger partial charge in [-0.3, -0.25) is 4.79 Å². The summed E-state index contributed by atoms with van der Waals surface area (Å²) in [5.41, 5.74) is 1.08. The van der Waals surface area contributed by atoms with E-state index in [1.807, 2.05) is 18.2 Å². The van der Waals surface area contributed by atoms with Crippen LogP contribution in [-0.2, 0) is 9.53 Å². The number of ether oxygens (including phenoxy) is 1. The number of carbonyl (C=O) groups excluding carboxylic acids is 1. The lowest BCUT2D eigenvalue weighted by atomic mass is 9.95. The van der Waals surface area contributed by atoms with E-state index in [0.29, 0.717) is 12.3 Å². The number of hydrogen-bond acceptors (Lipinski definition) is 4. The minimum atomic E-state index is -0.633. The summed E-state index contributed by atoms with van der Waals surface area (Å²) < 4.78 is 4.95. The van der Waals surface area contributed by atoms with E-state index < -0.39 is 11.9 Å². The van der Waals surface area contributed by atoms with Crippen LogP contribution in [0.25, 0.3) is 0 Å². The smallest absolute Gasteiger partial charge is 0.319 e. The molecule has 1 rings (SSSR count). The van der Waals surface area contributed by atoms with Gasteiger partial charge in [0.05, 0.1) is 12.3 Å². The van der Waals surface area contributed by atoms with Crippen LogP contribution in [0.5, 0.6) is 0 Å². The van der Waals surface area contributed by atoms with E-state index in [-0.39, 0.29) is 0 Å². The predicted octanol–water partition coefficient (Wildman–Crippen LogP) is 2.18. The zero-order valence-electron chi connectivity index (χ0n) is 9.38. The van der Waals surface area contributed by atoms with Crippen LogP contribution in [0.2, 0.25) is 0 Å². The number of benzene rings is 1. The molecule has 0 saturated heterocycles. The number of nitrogens with zero attached hydrogens (tertiary/aromatic N) is 1. The van der Waals surface area contributed by atoms with Crippen LogP contribution in [-0.4, -0.2) is 23.5 Å². The topological polar surface area (TPSA) is 58.9 Å². The molecule has 4 nitrogen and oxygen atoms in total. The van der Waals surface area contributed by atoms with E-state index in [0.717, 1.165) is 5.56 Å². The molecule has 0 spiro atoms. The fourth-order valence-corrected chi connectivity index (χ4v) is 1.48. The average Bonchev–Trinajstić information content (AvgIpc) is 2.31. The third-order valence-electron chi connectivity index (χ3n) is 2.23. The molecule has 1 N–H and O–H groups in total. The molecule has 0 aliphatic heterocycles. The predicted molar refractivity (Wildman–Crippen MR) is 60.7 cm³/mol. The SMILES string of the molecule is CCOC(=O)C(/C(C)=N/O)c1ccccc1. The van der Waals surface area contributed by atoms with Crippen molar-refractivity contribution in [3.8, 4) is 0 Å². The van der Waals surface area contributed by atoms with Crippen LogP contribution < -0.4 is 0 Å². The first-order valence-corrected chi connectivity index (χ1v) is 5.10. The molecule has 1 unspecified atom stereocenters. The van der Waals surface area contributed by atoms with E-state index >= 15 is 0 Å². The van der Waals surface area contributed by atoms with Gasteiger partial charge in [-0.15, -0.1) is 0 Å². The van der Waals surface area contributed by atoms with E-state index in [2.05, 4.69) is 5.16 Å². The Balaban J connectivity index is 3.02. The Labute approximate surface area is 94.5 Å². The zero-order chi connectivity index (χ0) is 12.0. The maximum absolute atomic E-state index is 11.7. The number of hydrogen-bond donors (Lipinski definition) is 1. The summed E-state index contributed by atoms with van der Waals surface area (Å²) >= 11 is 0. The van der Waals surface area contributed by atoms with Gasteiger partial charge in [0.25, 0.3) is 0 Å². The largest absolute Gasteiger partial charge is 0.465 e. The van der Waals surface area contributed by atoms with E-state index in [1.54, 1.807) is 26.0 Å². The van der Waals surface area contributed by atoms with E-state index in [1.165, 1.54) is 0 Å². The molecule has 0 bridgehead atoms. The molecule has 0 heterocycles. The summed E-state index contributed by atoms with van der Waals surface area (Å²) in [5.74, 6) is -1.03. The molecule has 1 aromatic carbocycles. The highest BCUT2D eigenvalue weighted by molar-refractivity contribution is 6.05. The summed E-state index contributed by atoms with van der Waals surface area (Å²) in [6.07, 6.45) is 0. The van der Waals surface area contributed by atoms with Gasteiger partial charge in [-0.1, -0.05) is 35.5 Å². The minimum Gasteiger partial charge on any atom is -0.465 e. The van der Waals surface area contributed by atoms with Gasteiger partial charge >= 0.3 is 5.97 Å². The monoisotopic (exact) mass is 221 g/mol. The molecule has 0 aromatic heterocycles. The first-order valence-electron chi connectivity index (χ1n) is 5.10. The average molecular weight is 221 g/mol. The van der Waals surface area contributed by atoms with Crippen LogP contribution in [0.3, 0.4) is 0 Å². The van der Waals surface area contributed by atoms with Crippen molar-refractivity contribution in [2.75, 3.05) is 6.61 Å². The number of esters is 1. The fourth-order valence-electron chi connectivity index (χ4n) is 1.48. The molecule has 0 aliphatic carbocycles. The van der Waals surface area contributed by atoms with Crippen molar-refractivity contribution in [2.24, 2.45) is 5.16 Å². The van der Waals surface area contributed by atoms with Crippen molar-refractivity contribution in [3.63, 3.8) is 0 Å². The Bertz CT molecular complexity index is 373. The molecular weight excluding hydrogens is 206 g/mol. The highest BCUT2D eigenvalue weighted by Gasteiger charge is 2.25. The van der Waals surface area contributed by atoms with Gasteiger partial charge in [0.1, 0.15) is 5.92 Å². The van der Waals surface area contributed by atoms with Crippen LogP contribution in [0, 0.1) is 0 Å². The van der Waals surface area contributed by atoms with Gasteiger partial charge in [0, 0.05) is 0 Å². The second-order valence-corrected chi connectivity index (χ2v) is 3.34. The number of rotatable bonds is 4. The summed E-state index contributed by atoms with van der Waals surface area (Å²) in [4.78, 5) is 11.7. The first kappa shape index (κ1) is 12.2. The molecule has 86 valence electrons. The van der Waals surface area contributed by atoms with Gasteiger partial charge in [0.2, 0.25) is 0 Å². The summed E-state index contributed by atoms with van der Waals surface area (Å²) in [6.45, 7) is 3.64. The molecule has 0 saturated carbocycles. The molecule has 0 fully saturated rings.